The van der Waals surface area contributed by atoms with Crippen LogP contribution in [0.15, 0.2) is 48.6 Å². The van der Waals surface area contributed by atoms with Crippen molar-refractivity contribution in [2.45, 2.75) is 90.5 Å². The lowest BCUT2D eigenvalue weighted by Crippen LogP contribution is -2.36. The fourth-order valence-electron chi connectivity index (χ4n) is 4.56. The van der Waals surface area contributed by atoms with Crippen molar-refractivity contribution >= 4 is 21.2 Å². The molecule has 0 aromatic heterocycles. The minimum atomic E-state index is -0.250. The smallest absolute Gasteiger partial charge is 0.402 e. The summed E-state index contributed by atoms with van der Waals surface area (Å²) in [6, 6.07) is 8.98. The van der Waals surface area contributed by atoms with Crippen LogP contribution in [0.5, 0.6) is 0 Å². The second kappa shape index (κ2) is 11.7. The van der Waals surface area contributed by atoms with Crippen molar-refractivity contribution in [3.05, 3.63) is 54.1 Å². The second-order valence-corrected chi connectivity index (χ2v) is 10.3. The van der Waals surface area contributed by atoms with Gasteiger partial charge in [-0.3, -0.25) is 0 Å². The molecule has 2 rings (SSSR count). The summed E-state index contributed by atoms with van der Waals surface area (Å²) in [5.41, 5.74) is 4.26. The summed E-state index contributed by atoms with van der Waals surface area (Å²) in [4.78, 5) is 0. The highest BCUT2D eigenvalue weighted by atomic mass is 31.1. The molecule has 1 aliphatic heterocycles. The molecule has 1 aliphatic rings. The summed E-state index contributed by atoms with van der Waals surface area (Å²) in [5, 5.41) is 0. The van der Waals surface area contributed by atoms with Gasteiger partial charge >= 0.3 is 7.12 Å². The molecule has 0 radical (unpaired) electrons. The van der Waals surface area contributed by atoms with Gasteiger partial charge < -0.3 is 9.31 Å². The van der Waals surface area contributed by atoms with E-state index in [2.05, 4.69) is 91.2 Å². The highest BCUT2D eigenvalue weighted by Gasteiger charge is 2.45. The van der Waals surface area contributed by atoms with Crippen molar-refractivity contribution in [3.63, 3.8) is 0 Å². The van der Waals surface area contributed by atoms with Crippen molar-refractivity contribution in [2.24, 2.45) is 5.92 Å². The fraction of sp³-hybridized carbons (Fsp3) is 0.615. The first-order chi connectivity index (χ1) is 14.3. The fourth-order valence-corrected chi connectivity index (χ4v) is 5.48. The molecule has 6 atom stereocenters. The zero-order valence-electron chi connectivity index (χ0n) is 20.2. The largest absolute Gasteiger partial charge is 0.494 e. The van der Waals surface area contributed by atoms with Gasteiger partial charge in [-0.05, 0) is 81.6 Å². The Morgan fingerprint density at radius 3 is 2.43 bits per heavy atom. The molecule has 0 saturated carbocycles. The molecule has 6 unspecified atom stereocenters. The van der Waals surface area contributed by atoms with Gasteiger partial charge in [0, 0.05) is 5.66 Å². The summed E-state index contributed by atoms with van der Waals surface area (Å²) in [7, 11) is 0.665. The quantitative estimate of drug-likeness (QED) is 0.222. The van der Waals surface area contributed by atoms with Gasteiger partial charge in [0.05, 0.1) is 11.7 Å². The molecule has 30 heavy (non-hydrogen) atoms. The van der Waals surface area contributed by atoms with E-state index in [1.807, 2.05) is 0 Å². The lowest BCUT2D eigenvalue weighted by Gasteiger charge is -2.26. The van der Waals surface area contributed by atoms with E-state index in [4.69, 9.17) is 9.31 Å². The summed E-state index contributed by atoms with van der Waals surface area (Å²) in [6.07, 6.45) is 8.99. The van der Waals surface area contributed by atoms with Crippen molar-refractivity contribution < 1.29 is 9.31 Å². The van der Waals surface area contributed by atoms with Gasteiger partial charge in [0.15, 0.2) is 0 Å². The third-order valence-electron chi connectivity index (χ3n) is 7.12. The van der Waals surface area contributed by atoms with Crippen LogP contribution in [0.2, 0.25) is 0 Å². The normalized spacial score (nSPS) is 25.3. The SMILES string of the molecule is C=C(/C=C\C)C(CCC(C)C(CC)c1ccc(B2OC(C)C(C)(CC)O2)cc1)PC. The molecule has 1 aromatic carbocycles. The third kappa shape index (κ3) is 6.09. The van der Waals surface area contributed by atoms with Crippen LogP contribution in [0.1, 0.15) is 78.7 Å². The Labute approximate surface area is 187 Å². The third-order valence-corrected chi connectivity index (χ3v) is 8.47. The number of benzene rings is 1. The minimum Gasteiger partial charge on any atom is -0.402 e. The first-order valence-electron chi connectivity index (χ1n) is 11.7. The number of hydrogen-bond donors (Lipinski definition) is 0. The topological polar surface area (TPSA) is 18.5 Å². The van der Waals surface area contributed by atoms with E-state index in [-0.39, 0.29) is 18.8 Å². The van der Waals surface area contributed by atoms with E-state index < -0.39 is 0 Å². The molecule has 4 heteroatoms. The van der Waals surface area contributed by atoms with Gasteiger partial charge in [-0.2, -0.15) is 0 Å². The van der Waals surface area contributed by atoms with Crippen LogP contribution in [0.4, 0.5) is 0 Å². The van der Waals surface area contributed by atoms with Gasteiger partial charge in [-0.1, -0.05) is 63.8 Å². The first kappa shape index (κ1) is 25.4. The summed E-state index contributed by atoms with van der Waals surface area (Å²) >= 11 is 0. The molecule has 1 heterocycles. The standard InChI is InChI=1S/C26H42BO2P/c1-9-12-20(5)25(30-8)18-13-19(4)24(10-2)22-14-16-23(17-15-22)27-28-21(6)26(7,11-3)29-27/h9,12,14-17,19,21,24-25,30H,5,10-11,13,18H2,1-4,6-8H3/b12-9-. The van der Waals surface area contributed by atoms with Crippen molar-refractivity contribution in [1.29, 1.82) is 0 Å². The van der Waals surface area contributed by atoms with Crippen molar-refractivity contribution in [3.8, 4) is 0 Å². The molecule has 0 amide bonds. The van der Waals surface area contributed by atoms with Gasteiger partial charge in [0.2, 0.25) is 0 Å². The Morgan fingerprint density at radius 1 is 1.27 bits per heavy atom. The summed E-state index contributed by atoms with van der Waals surface area (Å²) in [5.74, 6) is 1.24. The van der Waals surface area contributed by atoms with Crippen LogP contribution in [0.25, 0.3) is 0 Å². The van der Waals surface area contributed by atoms with E-state index in [9.17, 15) is 0 Å². The van der Waals surface area contributed by atoms with E-state index in [1.165, 1.54) is 24.0 Å². The zero-order chi connectivity index (χ0) is 22.3. The minimum absolute atomic E-state index is 0.111. The Bertz CT molecular complexity index is 701. The molecule has 1 aromatic rings. The average molecular weight is 428 g/mol. The van der Waals surface area contributed by atoms with Crippen LogP contribution in [0.3, 0.4) is 0 Å². The van der Waals surface area contributed by atoms with Gasteiger partial charge in [-0.25, -0.2) is 0 Å². The number of rotatable bonds is 11. The lowest BCUT2D eigenvalue weighted by atomic mass is 9.76. The maximum atomic E-state index is 6.25. The predicted octanol–water partition coefficient (Wildman–Crippen LogP) is 6.70. The Kier molecular flexibility index (Phi) is 9.86. The van der Waals surface area contributed by atoms with E-state index in [0.717, 1.165) is 26.9 Å². The average Bonchev–Trinajstić information content (AvgIpc) is 3.05. The molecule has 166 valence electrons. The van der Waals surface area contributed by atoms with E-state index >= 15 is 0 Å². The van der Waals surface area contributed by atoms with Gasteiger partial charge in [-0.15, -0.1) is 8.58 Å². The Balaban J connectivity index is 2.02. The molecule has 2 nitrogen and oxygen atoms in total. The van der Waals surface area contributed by atoms with Crippen LogP contribution in [-0.4, -0.2) is 31.1 Å². The van der Waals surface area contributed by atoms with Crippen LogP contribution >= 0.6 is 8.58 Å². The molecule has 0 bridgehead atoms. The molecular formula is C26H42BO2P. The molecule has 1 fully saturated rings. The van der Waals surface area contributed by atoms with Crippen molar-refractivity contribution in [1.82, 2.24) is 0 Å². The highest BCUT2D eigenvalue weighted by Crippen LogP contribution is 2.35. The Hall–Kier alpha value is -0.885. The molecule has 0 aliphatic carbocycles. The molecular weight excluding hydrogens is 386 g/mol. The van der Waals surface area contributed by atoms with E-state index in [1.54, 1.807) is 0 Å². The van der Waals surface area contributed by atoms with Crippen LogP contribution in [0, 0.1) is 5.92 Å². The summed E-state index contributed by atoms with van der Waals surface area (Å²) in [6.45, 7) is 19.8. The first-order valence-corrected chi connectivity index (χ1v) is 13.3. The molecule has 0 N–H and O–H groups in total. The van der Waals surface area contributed by atoms with Crippen molar-refractivity contribution in [2.75, 3.05) is 6.66 Å². The highest BCUT2D eigenvalue weighted by molar-refractivity contribution is 7.38. The zero-order valence-corrected chi connectivity index (χ0v) is 21.2. The Morgan fingerprint density at radius 2 is 1.93 bits per heavy atom. The van der Waals surface area contributed by atoms with Gasteiger partial charge in [0.1, 0.15) is 0 Å². The second-order valence-electron chi connectivity index (χ2n) is 9.05. The lowest BCUT2D eigenvalue weighted by molar-refractivity contribution is 0.0609. The number of hydrogen-bond acceptors (Lipinski definition) is 2. The van der Waals surface area contributed by atoms with Crippen LogP contribution in [-0.2, 0) is 9.31 Å². The summed E-state index contributed by atoms with van der Waals surface area (Å²) < 4.78 is 12.4. The van der Waals surface area contributed by atoms with Gasteiger partial charge in [0.25, 0.3) is 0 Å². The predicted molar refractivity (Wildman–Crippen MR) is 136 cm³/mol. The van der Waals surface area contributed by atoms with Crippen LogP contribution < -0.4 is 5.46 Å². The van der Waals surface area contributed by atoms with E-state index in [0.29, 0.717) is 17.5 Å². The molecule has 0 spiro atoms. The monoisotopic (exact) mass is 428 g/mol. The maximum absolute atomic E-state index is 6.25. The molecule has 1 saturated heterocycles. The number of allylic oxidation sites excluding steroid dienone is 3. The maximum Gasteiger partial charge on any atom is 0.494 e.